The van der Waals surface area contributed by atoms with Crippen LogP contribution in [-0.2, 0) is 67.2 Å². The van der Waals surface area contributed by atoms with Gasteiger partial charge in [-0.25, -0.2) is 26.4 Å². The van der Waals surface area contributed by atoms with E-state index in [-0.39, 0.29) is 48.2 Å². The molecule has 20 nitrogen and oxygen atoms in total. The Morgan fingerprint density at radius 1 is 0.588 bits per heavy atom. The Hall–Kier alpha value is -7.21. The molecule has 4 saturated heterocycles. The van der Waals surface area contributed by atoms with Crippen LogP contribution in [0, 0.1) is 13.8 Å². The molecular formula is C63H78N6O14S2. The topological polar surface area (TPSA) is 259 Å². The number of amides is 3. The minimum absolute atomic E-state index is 0.00545. The van der Waals surface area contributed by atoms with E-state index in [4.69, 9.17) is 14.2 Å². The SMILES string of the molecule is COC(=O)[C@H](Cc1ccc(OCCN2CCC(O)(c3ccccc3)CC2)cc1)NC(=O)[C@@H]1CCCN1S(=O)(=O)c1ccc(C)cc1.Cc1ccc(S(=O)(=O)N2CCC[C@H]2C(=O)N[C@@H](Cc2ccc(OCC(=O)N3CCCCC3)cc2)C(=O)O)cc1. The Balaban J connectivity index is 0.000000224. The lowest BCUT2D eigenvalue weighted by atomic mass is 9.84. The first-order valence-electron chi connectivity index (χ1n) is 29.0. The first-order valence-corrected chi connectivity index (χ1v) is 31.9. The summed E-state index contributed by atoms with van der Waals surface area (Å²) in [5.41, 5.74) is 3.46. The van der Waals surface area contributed by atoms with Crippen molar-refractivity contribution >= 4 is 49.7 Å². The van der Waals surface area contributed by atoms with Crippen LogP contribution in [0.2, 0.25) is 0 Å². The fourth-order valence-electron chi connectivity index (χ4n) is 11.1. The lowest BCUT2D eigenvalue weighted by Gasteiger charge is -2.38. The molecule has 4 heterocycles. The number of piperidine rings is 2. The second kappa shape index (κ2) is 29.3. The van der Waals surface area contributed by atoms with Crippen LogP contribution < -0.4 is 20.1 Å². The Labute approximate surface area is 498 Å². The Morgan fingerprint density at radius 3 is 1.54 bits per heavy atom. The summed E-state index contributed by atoms with van der Waals surface area (Å²) >= 11 is 0. The van der Waals surface area contributed by atoms with Crippen LogP contribution in [0.1, 0.15) is 85.6 Å². The maximum Gasteiger partial charge on any atom is 0.328 e. The van der Waals surface area contributed by atoms with Gasteiger partial charge in [0.2, 0.25) is 31.9 Å². The number of sulfonamides is 2. The molecule has 0 saturated carbocycles. The van der Waals surface area contributed by atoms with Gasteiger partial charge in [0.15, 0.2) is 6.61 Å². The number of aryl methyl sites for hydroxylation is 2. The zero-order valence-corrected chi connectivity index (χ0v) is 50.1. The minimum Gasteiger partial charge on any atom is -0.492 e. The zero-order valence-electron chi connectivity index (χ0n) is 48.5. The quantitative estimate of drug-likeness (QED) is 0.0601. The van der Waals surface area contributed by atoms with Crippen LogP contribution in [0.3, 0.4) is 0 Å². The summed E-state index contributed by atoms with van der Waals surface area (Å²) in [6.07, 6.45) is 6.38. The van der Waals surface area contributed by atoms with E-state index in [0.717, 1.165) is 78.5 Å². The Bertz CT molecular complexity index is 3280. The van der Waals surface area contributed by atoms with Gasteiger partial charge in [0, 0.05) is 58.7 Å². The third kappa shape index (κ3) is 16.8. The highest BCUT2D eigenvalue weighted by atomic mass is 32.2. The van der Waals surface area contributed by atoms with Crippen molar-refractivity contribution in [1.82, 2.24) is 29.0 Å². The van der Waals surface area contributed by atoms with Gasteiger partial charge >= 0.3 is 11.9 Å². The molecule has 0 unspecified atom stereocenters. The van der Waals surface area contributed by atoms with Crippen molar-refractivity contribution in [3.8, 4) is 11.5 Å². The molecule has 4 aliphatic rings. The third-order valence-electron chi connectivity index (χ3n) is 16.2. The normalized spacial score (nSPS) is 19.1. The van der Waals surface area contributed by atoms with Gasteiger partial charge in [-0.1, -0.05) is 90.0 Å². The summed E-state index contributed by atoms with van der Waals surface area (Å²) in [5, 5.41) is 26.1. The number of benzene rings is 5. The van der Waals surface area contributed by atoms with Gasteiger partial charge in [-0.15, -0.1) is 0 Å². The highest BCUT2D eigenvalue weighted by Crippen LogP contribution is 2.33. The van der Waals surface area contributed by atoms with Crippen molar-refractivity contribution in [2.75, 3.05) is 66.1 Å². The fraction of sp³-hybridized carbons (Fsp3) is 0.444. The molecule has 0 radical (unpaired) electrons. The Kier molecular flexibility index (Phi) is 22.0. The molecule has 9 rings (SSSR count). The third-order valence-corrected chi connectivity index (χ3v) is 20.0. The number of nitrogens with one attached hydrogen (secondary N) is 2. The monoisotopic (exact) mass is 1210 g/mol. The summed E-state index contributed by atoms with van der Waals surface area (Å²) in [5.74, 6) is -1.87. The van der Waals surface area contributed by atoms with E-state index in [1.54, 1.807) is 65.6 Å². The van der Waals surface area contributed by atoms with Gasteiger partial charge in [0.1, 0.15) is 42.3 Å². The maximum atomic E-state index is 13.4. The number of esters is 1. The lowest BCUT2D eigenvalue weighted by molar-refractivity contribution is -0.145. The van der Waals surface area contributed by atoms with Gasteiger partial charge in [0.25, 0.3) is 5.91 Å². The van der Waals surface area contributed by atoms with Gasteiger partial charge in [-0.2, -0.15) is 8.61 Å². The number of ether oxygens (including phenoxy) is 3. The molecule has 85 heavy (non-hydrogen) atoms. The first kappa shape index (κ1) is 63.8. The molecule has 0 aromatic heterocycles. The van der Waals surface area contributed by atoms with E-state index in [1.807, 2.05) is 68.4 Å². The molecule has 0 bridgehead atoms. The number of carbonyl (C=O) groups is 5. The number of nitrogens with zero attached hydrogens (tertiary/aromatic N) is 4. The summed E-state index contributed by atoms with van der Waals surface area (Å²) in [6, 6.07) is 32.7. The van der Waals surface area contributed by atoms with Crippen molar-refractivity contribution in [1.29, 1.82) is 0 Å². The molecule has 22 heteroatoms. The van der Waals surface area contributed by atoms with Crippen molar-refractivity contribution in [3.63, 3.8) is 0 Å². The summed E-state index contributed by atoms with van der Waals surface area (Å²) < 4.78 is 71.9. The average molecular weight is 1210 g/mol. The van der Waals surface area contributed by atoms with Crippen LogP contribution in [-0.4, -0.2) is 165 Å². The molecular weight excluding hydrogens is 1130 g/mol. The molecule has 5 aromatic rings. The molecule has 0 aliphatic carbocycles. The number of methoxy groups -OCH3 is 1. The van der Waals surface area contributed by atoms with Gasteiger partial charge in [-0.05, 0) is 137 Å². The maximum absolute atomic E-state index is 13.4. The van der Waals surface area contributed by atoms with E-state index in [9.17, 15) is 51.0 Å². The molecule has 4 atom stereocenters. The first-order chi connectivity index (χ1) is 40.7. The van der Waals surface area contributed by atoms with E-state index in [0.29, 0.717) is 62.2 Å². The number of likely N-dealkylation sites (tertiary alicyclic amines) is 2. The van der Waals surface area contributed by atoms with Crippen LogP contribution in [0.25, 0.3) is 0 Å². The zero-order chi connectivity index (χ0) is 60.7. The highest BCUT2D eigenvalue weighted by Gasteiger charge is 2.42. The number of carbonyl (C=O) groups excluding carboxylic acids is 4. The van der Waals surface area contributed by atoms with E-state index >= 15 is 0 Å². The number of hydrogen-bond donors (Lipinski definition) is 4. The number of carboxylic acid groups (broad SMARTS) is 1. The molecule has 0 spiro atoms. The predicted molar refractivity (Wildman–Crippen MR) is 317 cm³/mol. The smallest absolute Gasteiger partial charge is 0.328 e. The van der Waals surface area contributed by atoms with Crippen LogP contribution in [0.4, 0.5) is 0 Å². The van der Waals surface area contributed by atoms with Crippen molar-refractivity contribution in [2.24, 2.45) is 0 Å². The molecule has 5 aromatic carbocycles. The highest BCUT2D eigenvalue weighted by molar-refractivity contribution is 7.89. The number of aliphatic carboxylic acids is 1. The number of rotatable bonds is 22. The van der Waals surface area contributed by atoms with Gasteiger partial charge in [0.05, 0.1) is 22.5 Å². The van der Waals surface area contributed by atoms with Gasteiger partial charge < -0.3 is 40.0 Å². The second-order valence-corrected chi connectivity index (χ2v) is 26.0. The van der Waals surface area contributed by atoms with Gasteiger partial charge in [-0.3, -0.25) is 19.3 Å². The van der Waals surface area contributed by atoms with E-state index in [2.05, 4.69) is 15.5 Å². The summed E-state index contributed by atoms with van der Waals surface area (Å²) in [6.45, 7) is 8.38. The molecule has 4 N–H and O–H groups in total. The predicted octanol–water partition coefficient (Wildman–Crippen LogP) is 5.76. The number of aliphatic hydroxyl groups is 1. The number of carboxylic acids is 1. The van der Waals surface area contributed by atoms with E-state index in [1.165, 1.54) is 23.5 Å². The molecule has 3 amide bonds. The van der Waals surface area contributed by atoms with Crippen LogP contribution in [0.5, 0.6) is 11.5 Å². The van der Waals surface area contributed by atoms with Crippen LogP contribution >= 0.6 is 0 Å². The largest absolute Gasteiger partial charge is 0.492 e. The minimum atomic E-state index is -3.90. The van der Waals surface area contributed by atoms with E-state index < -0.39 is 73.6 Å². The second-order valence-electron chi connectivity index (χ2n) is 22.2. The van der Waals surface area contributed by atoms with Crippen molar-refractivity contribution in [2.45, 2.75) is 124 Å². The fourth-order valence-corrected chi connectivity index (χ4v) is 14.4. The lowest BCUT2D eigenvalue weighted by Crippen LogP contribution is -2.51. The molecule has 456 valence electrons. The average Bonchev–Trinajstić information content (AvgIpc) is 4.48. The van der Waals surface area contributed by atoms with Crippen molar-refractivity contribution < 1.29 is 65.2 Å². The van der Waals surface area contributed by atoms with Crippen molar-refractivity contribution in [3.05, 3.63) is 155 Å². The number of hydrogen-bond acceptors (Lipinski definition) is 14. The summed E-state index contributed by atoms with van der Waals surface area (Å²) in [7, 11) is -6.53. The Morgan fingerprint density at radius 2 is 1.06 bits per heavy atom. The molecule has 4 fully saturated rings. The molecule has 4 aliphatic heterocycles. The van der Waals surface area contributed by atoms with Crippen LogP contribution in [0.15, 0.2) is 137 Å². The standard InChI is InChI=1S/C35H43N3O7S.C28H35N3O7S/c1-26-10-16-30(17-11-26)46(42,43)38-20-6-9-32(38)33(39)36-31(34(40)44-2)25-27-12-14-29(15-13-27)45-24-23-37-21-18-35(41,19-22-37)28-7-4-3-5-8-28;1-20-7-13-23(14-8-20)39(36,37)31-17-5-6-25(31)27(33)29-24(28(34)35)18-21-9-11-22(12-10-21)38-19-26(32)30-15-3-2-4-16-30/h3-5,7-8,10-17,31-32,41H,6,9,18-25H2,1-2H3,(H,36,39);7-14,24-25H,2-6,15-19H2,1H3,(H,29,33)(H,34,35)/t31-,32-;24-,25-/m00/s1. The summed E-state index contributed by atoms with van der Waals surface area (Å²) in [4.78, 5) is 67.7.